The Labute approximate surface area is 105 Å². The summed E-state index contributed by atoms with van der Waals surface area (Å²) in [6.45, 7) is 3.41. The largest absolute Gasteiger partial charge is 0.478 e. The molecule has 0 bridgehead atoms. The molecule has 1 aromatic carbocycles. The molecule has 0 saturated heterocycles. The van der Waals surface area contributed by atoms with Gasteiger partial charge in [0.2, 0.25) is 0 Å². The lowest BCUT2D eigenvalue weighted by Crippen LogP contribution is -2.11. The number of carboxylic acids is 1. The Bertz CT molecular complexity index is 535. The van der Waals surface area contributed by atoms with Crippen LogP contribution >= 0.6 is 0 Å². The van der Waals surface area contributed by atoms with Crippen molar-refractivity contribution < 1.29 is 9.90 Å². The van der Waals surface area contributed by atoms with Gasteiger partial charge in [-0.3, -0.25) is 4.68 Å². The van der Waals surface area contributed by atoms with Crippen LogP contribution in [0.25, 0.3) is 0 Å². The van der Waals surface area contributed by atoms with Crippen LogP contribution in [-0.2, 0) is 6.54 Å². The van der Waals surface area contributed by atoms with Crippen molar-refractivity contribution in [1.82, 2.24) is 9.78 Å². The predicted octanol–water partition coefficient (Wildman–Crippen LogP) is 2.00. The summed E-state index contributed by atoms with van der Waals surface area (Å²) in [5.74, 6) is -0.902. The average Bonchev–Trinajstić information content (AvgIpc) is 2.84. The van der Waals surface area contributed by atoms with E-state index >= 15 is 0 Å². The molecule has 1 heterocycles. The topological polar surface area (TPSA) is 67.2 Å². The van der Waals surface area contributed by atoms with Gasteiger partial charge in [0.15, 0.2) is 0 Å². The highest BCUT2D eigenvalue weighted by molar-refractivity contribution is 5.88. The first kappa shape index (κ1) is 12.2. The molecular formula is C13H15N3O2. The Hall–Kier alpha value is -2.30. The van der Waals surface area contributed by atoms with Gasteiger partial charge in [0, 0.05) is 24.6 Å². The minimum atomic E-state index is -0.902. The van der Waals surface area contributed by atoms with E-state index in [1.807, 2.05) is 23.9 Å². The maximum atomic E-state index is 10.8. The second kappa shape index (κ2) is 5.35. The Morgan fingerprint density at radius 3 is 2.94 bits per heavy atom. The van der Waals surface area contributed by atoms with Gasteiger partial charge in [0.1, 0.15) is 0 Å². The van der Waals surface area contributed by atoms with Gasteiger partial charge in [-0.25, -0.2) is 4.79 Å². The molecular weight excluding hydrogens is 230 g/mol. The molecule has 0 aliphatic rings. The van der Waals surface area contributed by atoms with Crippen molar-refractivity contribution in [3.05, 3.63) is 47.8 Å². The Kier molecular flexibility index (Phi) is 3.62. The average molecular weight is 245 g/mol. The number of benzene rings is 1. The van der Waals surface area contributed by atoms with E-state index in [0.717, 1.165) is 24.3 Å². The molecule has 0 aliphatic carbocycles. The van der Waals surface area contributed by atoms with Crippen molar-refractivity contribution in [2.45, 2.75) is 13.5 Å². The smallest absolute Gasteiger partial charge is 0.335 e. The third kappa shape index (κ3) is 2.88. The van der Waals surface area contributed by atoms with E-state index in [1.165, 1.54) is 0 Å². The molecule has 0 fully saturated rings. The number of rotatable bonds is 5. The minimum Gasteiger partial charge on any atom is -0.478 e. The van der Waals surface area contributed by atoms with E-state index in [4.69, 9.17) is 5.11 Å². The summed E-state index contributed by atoms with van der Waals surface area (Å²) in [6.07, 6.45) is 3.65. The Balaban J connectivity index is 1.95. The van der Waals surface area contributed by atoms with Crippen LogP contribution in [0.5, 0.6) is 0 Å². The summed E-state index contributed by atoms with van der Waals surface area (Å²) in [6, 6.07) is 6.94. The Morgan fingerprint density at radius 1 is 1.50 bits per heavy atom. The highest BCUT2D eigenvalue weighted by Gasteiger charge is 2.05. The molecule has 0 saturated carbocycles. The summed E-state index contributed by atoms with van der Waals surface area (Å²) in [7, 11) is 0. The number of aromatic nitrogens is 2. The van der Waals surface area contributed by atoms with Gasteiger partial charge in [-0.05, 0) is 36.8 Å². The quantitative estimate of drug-likeness (QED) is 0.845. The summed E-state index contributed by atoms with van der Waals surface area (Å²) in [5.41, 5.74) is 2.19. The fraction of sp³-hybridized carbons (Fsp3) is 0.231. The first-order chi connectivity index (χ1) is 8.66. The minimum absolute atomic E-state index is 0.310. The van der Waals surface area contributed by atoms with Gasteiger partial charge in [-0.2, -0.15) is 5.10 Å². The zero-order chi connectivity index (χ0) is 13.0. The van der Waals surface area contributed by atoms with Gasteiger partial charge in [-0.1, -0.05) is 0 Å². The van der Waals surface area contributed by atoms with E-state index in [0.29, 0.717) is 5.56 Å². The number of aryl methyl sites for hydroxylation is 1. The second-order valence-corrected chi connectivity index (χ2v) is 4.03. The summed E-state index contributed by atoms with van der Waals surface area (Å²) in [5, 5.41) is 16.2. The summed E-state index contributed by atoms with van der Waals surface area (Å²) in [4.78, 5) is 10.8. The van der Waals surface area contributed by atoms with E-state index in [-0.39, 0.29) is 0 Å². The highest BCUT2D eigenvalue weighted by Crippen LogP contribution is 2.16. The summed E-state index contributed by atoms with van der Waals surface area (Å²) >= 11 is 0. The summed E-state index contributed by atoms with van der Waals surface area (Å²) < 4.78 is 1.84. The predicted molar refractivity (Wildman–Crippen MR) is 68.9 cm³/mol. The van der Waals surface area contributed by atoms with E-state index < -0.39 is 5.97 Å². The number of hydrogen-bond donors (Lipinski definition) is 2. The molecule has 0 atom stereocenters. The molecule has 5 nitrogen and oxygen atoms in total. The first-order valence-electron chi connectivity index (χ1n) is 5.72. The SMILES string of the molecule is Cc1cc(C(=O)O)ccc1NCCn1cccn1. The third-order valence-electron chi connectivity index (χ3n) is 2.69. The van der Waals surface area contributed by atoms with E-state index in [9.17, 15) is 4.79 Å². The van der Waals surface area contributed by atoms with Crippen LogP contribution in [0.3, 0.4) is 0 Å². The van der Waals surface area contributed by atoms with Crippen LogP contribution in [0.1, 0.15) is 15.9 Å². The van der Waals surface area contributed by atoms with Gasteiger partial charge >= 0.3 is 5.97 Å². The lowest BCUT2D eigenvalue weighted by molar-refractivity contribution is 0.0697. The molecule has 0 radical (unpaired) electrons. The van der Waals surface area contributed by atoms with Crippen LogP contribution in [0.15, 0.2) is 36.7 Å². The van der Waals surface area contributed by atoms with Crippen LogP contribution < -0.4 is 5.32 Å². The molecule has 2 rings (SSSR count). The van der Waals surface area contributed by atoms with E-state index in [2.05, 4.69) is 10.4 Å². The molecule has 1 aromatic heterocycles. The van der Waals surface area contributed by atoms with Crippen molar-refractivity contribution in [3.8, 4) is 0 Å². The lowest BCUT2D eigenvalue weighted by atomic mass is 10.1. The highest BCUT2D eigenvalue weighted by atomic mass is 16.4. The van der Waals surface area contributed by atoms with Crippen molar-refractivity contribution in [1.29, 1.82) is 0 Å². The monoisotopic (exact) mass is 245 g/mol. The fourth-order valence-electron chi connectivity index (χ4n) is 1.73. The molecule has 0 amide bonds. The molecule has 0 unspecified atom stereocenters. The number of anilines is 1. The van der Waals surface area contributed by atoms with Crippen molar-refractivity contribution >= 4 is 11.7 Å². The van der Waals surface area contributed by atoms with Crippen LogP contribution in [0.2, 0.25) is 0 Å². The lowest BCUT2D eigenvalue weighted by Gasteiger charge is -2.10. The van der Waals surface area contributed by atoms with E-state index in [1.54, 1.807) is 24.4 Å². The number of carbonyl (C=O) groups is 1. The van der Waals surface area contributed by atoms with Crippen molar-refractivity contribution in [2.75, 3.05) is 11.9 Å². The number of nitrogens with one attached hydrogen (secondary N) is 1. The number of aromatic carboxylic acids is 1. The third-order valence-corrected chi connectivity index (χ3v) is 2.69. The normalized spacial score (nSPS) is 10.3. The van der Waals surface area contributed by atoms with Crippen LogP contribution in [-0.4, -0.2) is 27.4 Å². The molecule has 18 heavy (non-hydrogen) atoms. The zero-order valence-corrected chi connectivity index (χ0v) is 10.1. The zero-order valence-electron chi connectivity index (χ0n) is 10.1. The van der Waals surface area contributed by atoms with Gasteiger partial charge < -0.3 is 10.4 Å². The Morgan fingerprint density at radius 2 is 2.33 bits per heavy atom. The second-order valence-electron chi connectivity index (χ2n) is 4.03. The molecule has 0 aliphatic heterocycles. The molecule has 0 spiro atoms. The number of hydrogen-bond acceptors (Lipinski definition) is 3. The maximum absolute atomic E-state index is 10.8. The number of carboxylic acid groups (broad SMARTS) is 1. The molecule has 2 aromatic rings. The maximum Gasteiger partial charge on any atom is 0.335 e. The van der Waals surface area contributed by atoms with Gasteiger partial charge in [0.25, 0.3) is 0 Å². The van der Waals surface area contributed by atoms with Gasteiger partial charge in [0.05, 0.1) is 12.1 Å². The first-order valence-corrected chi connectivity index (χ1v) is 5.72. The number of nitrogens with zero attached hydrogens (tertiary/aromatic N) is 2. The van der Waals surface area contributed by atoms with Crippen LogP contribution in [0.4, 0.5) is 5.69 Å². The molecule has 5 heteroatoms. The van der Waals surface area contributed by atoms with Crippen LogP contribution in [0, 0.1) is 6.92 Å². The van der Waals surface area contributed by atoms with Gasteiger partial charge in [-0.15, -0.1) is 0 Å². The molecule has 2 N–H and O–H groups in total. The molecule has 94 valence electrons. The van der Waals surface area contributed by atoms with Crippen molar-refractivity contribution in [3.63, 3.8) is 0 Å². The fourth-order valence-corrected chi connectivity index (χ4v) is 1.73. The standard InChI is InChI=1S/C13H15N3O2/c1-10-9-11(13(17)18)3-4-12(10)14-6-8-16-7-2-5-15-16/h2-5,7,9,14H,6,8H2,1H3,(H,17,18). The van der Waals surface area contributed by atoms with Crippen molar-refractivity contribution in [2.24, 2.45) is 0 Å².